The van der Waals surface area contributed by atoms with E-state index >= 15 is 0 Å². The maximum absolute atomic E-state index is 12.5. The molecule has 1 N–H and O–H groups in total. The summed E-state index contributed by atoms with van der Waals surface area (Å²) in [6, 6.07) is 13.1. The van der Waals surface area contributed by atoms with E-state index in [9.17, 15) is 4.79 Å². The van der Waals surface area contributed by atoms with Gasteiger partial charge in [-0.2, -0.15) is 0 Å². The first-order chi connectivity index (χ1) is 11.1. The lowest BCUT2D eigenvalue weighted by Gasteiger charge is -2.17. The zero-order valence-corrected chi connectivity index (χ0v) is 14.6. The third kappa shape index (κ3) is 3.99. The minimum Gasteiger partial charge on any atom is -0.493 e. The van der Waals surface area contributed by atoms with Gasteiger partial charge in [-0.15, -0.1) is 11.8 Å². The van der Waals surface area contributed by atoms with Gasteiger partial charge < -0.3 is 14.8 Å². The Bertz CT molecular complexity index is 688. The van der Waals surface area contributed by atoms with Gasteiger partial charge in [0.25, 0.3) is 5.91 Å². The molecule has 4 nitrogen and oxygen atoms in total. The number of carbonyl (C=O) groups is 1. The Morgan fingerprint density at radius 1 is 1.09 bits per heavy atom. The molecule has 0 saturated carbocycles. The predicted octanol–water partition coefficient (Wildman–Crippen LogP) is 3.92. The van der Waals surface area contributed by atoms with E-state index in [0.29, 0.717) is 17.1 Å². The van der Waals surface area contributed by atoms with Crippen LogP contribution in [-0.4, -0.2) is 26.4 Å². The summed E-state index contributed by atoms with van der Waals surface area (Å²) >= 11 is 1.56. The van der Waals surface area contributed by atoms with Crippen LogP contribution in [-0.2, 0) is 0 Å². The van der Waals surface area contributed by atoms with Gasteiger partial charge in [0.05, 0.1) is 25.8 Å². The molecular weight excluding hydrogens is 310 g/mol. The van der Waals surface area contributed by atoms with Crippen molar-refractivity contribution >= 4 is 17.7 Å². The molecule has 0 aliphatic rings. The molecule has 2 rings (SSSR count). The number of ether oxygens (including phenoxy) is 2. The second-order valence-electron chi connectivity index (χ2n) is 5.01. The van der Waals surface area contributed by atoms with E-state index in [2.05, 4.69) is 5.32 Å². The van der Waals surface area contributed by atoms with Gasteiger partial charge in [-0.1, -0.05) is 18.2 Å². The number of thioether (sulfide) groups is 1. The van der Waals surface area contributed by atoms with Gasteiger partial charge in [-0.05, 0) is 43.0 Å². The van der Waals surface area contributed by atoms with E-state index in [-0.39, 0.29) is 11.9 Å². The first kappa shape index (κ1) is 17.2. The number of carbonyl (C=O) groups excluding carboxylic acids is 1. The van der Waals surface area contributed by atoms with E-state index in [4.69, 9.17) is 9.47 Å². The molecule has 2 aromatic carbocycles. The van der Waals surface area contributed by atoms with Crippen LogP contribution in [0.15, 0.2) is 47.4 Å². The van der Waals surface area contributed by atoms with E-state index < -0.39 is 0 Å². The molecule has 0 aliphatic carbocycles. The summed E-state index contributed by atoms with van der Waals surface area (Å²) in [5, 5.41) is 3.03. The van der Waals surface area contributed by atoms with Gasteiger partial charge in [-0.3, -0.25) is 4.79 Å². The van der Waals surface area contributed by atoms with E-state index in [1.165, 1.54) is 0 Å². The van der Waals surface area contributed by atoms with Gasteiger partial charge in [0.15, 0.2) is 11.5 Å². The van der Waals surface area contributed by atoms with Gasteiger partial charge in [-0.25, -0.2) is 0 Å². The summed E-state index contributed by atoms with van der Waals surface area (Å²) in [5.74, 6) is 1.23. The fourth-order valence-electron chi connectivity index (χ4n) is 2.31. The van der Waals surface area contributed by atoms with Crippen LogP contribution in [0.25, 0.3) is 0 Å². The molecule has 1 atom stereocenters. The molecule has 0 fully saturated rings. The van der Waals surface area contributed by atoms with Crippen molar-refractivity contribution in [2.75, 3.05) is 20.5 Å². The third-order valence-corrected chi connectivity index (χ3v) is 4.40. The zero-order chi connectivity index (χ0) is 16.8. The maximum Gasteiger partial charge on any atom is 0.252 e. The molecule has 0 aliphatic heterocycles. The third-order valence-electron chi connectivity index (χ3n) is 3.61. The van der Waals surface area contributed by atoms with Crippen molar-refractivity contribution in [2.24, 2.45) is 0 Å². The second kappa shape index (κ2) is 7.92. The predicted molar refractivity (Wildman–Crippen MR) is 93.7 cm³/mol. The molecule has 0 unspecified atom stereocenters. The summed E-state index contributed by atoms with van der Waals surface area (Å²) in [5.41, 5.74) is 1.64. The number of hydrogen-bond donors (Lipinski definition) is 1. The quantitative estimate of drug-likeness (QED) is 0.815. The molecule has 2 aromatic rings. The monoisotopic (exact) mass is 331 g/mol. The first-order valence-electron chi connectivity index (χ1n) is 7.26. The smallest absolute Gasteiger partial charge is 0.252 e. The van der Waals surface area contributed by atoms with E-state index in [1.807, 2.05) is 55.6 Å². The Balaban J connectivity index is 2.18. The van der Waals surface area contributed by atoms with Crippen LogP contribution in [0.4, 0.5) is 0 Å². The lowest BCUT2D eigenvalue weighted by atomic mass is 10.1. The van der Waals surface area contributed by atoms with Crippen LogP contribution in [0.3, 0.4) is 0 Å². The van der Waals surface area contributed by atoms with Gasteiger partial charge in [0.2, 0.25) is 0 Å². The van der Waals surface area contributed by atoms with Crippen molar-refractivity contribution in [2.45, 2.75) is 17.9 Å². The van der Waals surface area contributed by atoms with E-state index in [1.54, 1.807) is 26.0 Å². The van der Waals surface area contributed by atoms with Crippen molar-refractivity contribution in [1.82, 2.24) is 5.32 Å². The largest absolute Gasteiger partial charge is 0.493 e. The molecule has 1 amide bonds. The van der Waals surface area contributed by atoms with Crippen LogP contribution in [0, 0.1) is 0 Å². The lowest BCUT2D eigenvalue weighted by Crippen LogP contribution is -2.27. The highest BCUT2D eigenvalue weighted by Crippen LogP contribution is 2.30. The van der Waals surface area contributed by atoms with E-state index in [0.717, 1.165) is 10.5 Å². The van der Waals surface area contributed by atoms with Crippen molar-refractivity contribution in [3.05, 3.63) is 53.6 Å². The maximum atomic E-state index is 12.5. The second-order valence-corrected chi connectivity index (χ2v) is 5.86. The highest BCUT2D eigenvalue weighted by molar-refractivity contribution is 7.98. The average Bonchev–Trinajstić information content (AvgIpc) is 2.60. The molecule has 122 valence electrons. The molecule has 0 bridgehead atoms. The molecule has 0 aromatic heterocycles. The molecule has 23 heavy (non-hydrogen) atoms. The van der Waals surface area contributed by atoms with Crippen LogP contribution in [0.5, 0.6) is 11.5 Å². The van der Waals surface area contributed by atoms with Gasteiger partial charge >= 0.3 is 0 Å². The SMILES string of the molecule is COc1ccc([C@@H](C)NC(=O)c2ccccc2SC)cc1OC. The average molecular weight is 331 g/mol. The topological polar surface area (TPSA) is 47.6 Å². The first-order valence-corrected chi connectivity index (χ1v) is 8.49. The normalized spacial score (nSPS) is 11.7. The van der Waals surface area contributed by atoms with Gasteiger partial charge in [0.1, 0.15) is 0 Å². The van der Waals surface area contributed by atoms with Crippen LogP contribution in [0.1, 0.15) is 28.9 Å². The number of rotatable bonds is 6. The molecule has 0 saturated heterocycles. The lowest BCUT2D eigenvalue weighted by molar-refractivity contribution is 0.0937. The Kier molecular flexibility index (Phi) is 5.93. The zero-order valence-electron chi connectivity index (χ0n) is 13.8. The molecule has 5 heteroatoms. The number of nitrogens with one attached hydrogen (secondary N) is 1. The Labute approximate surface area is 141 Å². The van der Waals surface area contributed by atoms with Crippen molar-refractivity contribution < 1.29 is 14.3 Å². The van der Waals surface area contributed by atoms with Crippen molar-refractivity contribution in [3.8, 4) is 11.5 Å². The summed E-state index contributed by atoms with van der Waals surface area (Å²) in [6.07, 6.45) is 1.96. The van der Waals surface area contributed by atoms with Crippen molar-refractivity contribution in [3.63, 3.8) is 0 Å². The number of amides is 1. The molecular formula is C18H21NO3S. The molecule has 0 radical (unpaired) electrons. The van der Waals surface area contributed by atoms with Crippen LogP contribution < -0.4 is 14.8 Å². The fraction of sp³-hybridized carbons (Fsp3) is 0.278. The highest BCUT2D eigenvalue weighted by Gasteiger charge is 2.15. The fourth-order valence-corrected chi connectivity index (χ4v) is 2.91. The minimum absolute atomic E-state index is 0.0859. The number of methoxy groups -OCH3 is 2. The van der Waals surface area contributed by atoms with Crippen LogP contribution >= 0.6 is 11.8 Å². The summed E-state index contributed by atoms with van der Waals surface area (Å²) < 4.78 is 10.5. The van der Waals surface area contributed by atoms with Crippen molar-refractivity contribution in [1.29, 1.82) is 0 Å². The highest BCUT2D eigenvalue weighted by atomic mass is 32.2. The summed E-state index contributed by atoms with van der Waals surface area (Å²) in [4.78, 5) is 13.5. The summed E-state index contributed by atoms with van der Waals surface area (Å²) in [7, 11) is 3.20. The standard InChI is InChI=1S/C18H21NO3S/c1-12(13-9-10-15(21-2)16(11-13)22-3)19-18(20)14-7-5-6-8-17(14)23-4/h5-12H,1-4H3,(H,19,20)/t12-/m1/s1. The summed E-state index contributed by atoms with van der Waals surface area (Å²) in [6.45, 7) is 1.95. The molecule has 0 heterocycles. The van der Waals surface area contributed by atoms with Gasteiger partial charge in [0, 0.05) is 4.90 Å². The number of benzene rings is 2. The molecule has 0 spiro atoms. The Hall–Kier alpha value is -2.14. The van der Waals surface area contributed by atoms with Crippen LogP contribution in [0.2, 0.25) is 0 Å². The Morgan fingerprint density at radius 3 is 2.43 bits per heavy atom. The minimum atomic E-state index is -0.141. The Morgan fingerprint density at radius 2 is 1.78 bits per heavy atom. The number of hydrogen-bond acceptors (Lipinski definition) is 4.